The summed E-state index contributed by atoms with van der Waals surface area (Å²) in [5, 5.41) is 3.38. The van der Waals surface area contributed by atoms with E-state index in [-0.39, 0.29) is 30.9 Å². The number of rotatable bonds is 8. The molecule has 0 bridgehead atoms. The first kappa shape index (κ1) is 21.1. The molecule has 154 valence electrons. The average molecular weight is 395 g/mol. The molecular weight excluding hydrogens is 364 g/mol. The zero-order valence-electron chi connectivity index (χ0n) is 17.0. The van der Waals surface area contributed by atoms with Gasteiger partial charge in [0, 0.05) is 19.1 Å². The first-order chi connectivity index (χ1) is 14.2. The second-order valence-corrected chi connectivity index (χ2v) is 7.52. The number of nitrogens with one attached hydrogen (secondary N) is 1. The minimum atomic E-state index is -0.526. The van der Waals surface area contributed by atoms with Gasteiger partial charge in [-0.05, 0) is 30.4 Å². The molecule has 5 heteroatoms. The van der Waals surface area contributed by atoms with Gasteiger partial charge < -0.3 is 15.0 Å². The van der Waals surface area contributed by atoms with Crippen LogP contribution < -0.4 is 5.32 Å². The minimum Gasteiger partial charge on any atom is -0.461 e. The van der Waals surface area contributed by atoms with Crippen LogP contribution in [-0.2, 0) is 27.4 Å². The molecule has 1 aliphatic rings. The second kappa shape index (κ2) is 10.8. The summed E-state index contributed by atoms with van der Waals surface area (Å²) in [5.41, 5.74) is 2.15. The summed E-state index contributed by atoms with van der Waals surface area (Å²) in [6, 6.07) is 19.5. The molecular formula is C24H30N2O3. The van der Waals surface area contributed by atoms with Gasteiger partial charge in [-0.3, -0.25) is 9.59 Å². The summed E-state index contributed by atoms with van der Waals surface area (Å²) in [5.74, 6) is -0.354. The Bertz CT molecular complexity index is 779. The average Bonchev–Trinajstić information content (AvgIpc) is 2.91. The van der Waals surface area contributed by atoms with Crippen LogP contribution in [-0.4, -0.2) is 41.9 Å². The van der Waals surface area contributed by atoms with E-state index in [9.17, 15) is 9.59 Å². The Hall–Kier alpha value is -2.66. The van der Waals surface area contributed by atoms with Crippen molar-refractivity contribution in [3.63, 3.8) is 0 Å². The lowest BCUT2D eigenvalue weighted by Crippen LogP contribution is -2.47. The van der Waals surface area contributed by atoms with Crippen molar-refractivity contribution in [2.45, 2.75) is 51.3 Å². The number of esters is 1. The third-order valence-electron chi connectivity index (χ3n) is 5.41. The Balaban J connectivity index is 1.58. The van der Waals surface area contributed by atoms with Gasteiger partial charge in [-0.2, -0.15) is 0 Å². The predicted octanol–water partition coefficient (Wildman–Crippen LogP) is 3.33. The molecule has 29 heavy (non-hydrogen) atoms. The quantitative estimate of drug-likeness (QED) is 0.698. The fourth-order valence-corrected chi connectivity index (χ4v) is 3.64. The van der Waals surface area contributed by atoms with Crippen molar-refractivity contribution < 1.29 is 14.3 Å². The summed E-state index contributed by atoms with van der Waals surface area (Å²) in [7, 11) is 0. The summed E-state index contributed by atoms with van der Waals surface area (Å²) in [6.07, 6.45) is 2.69. The molecule has 0 aromatic heterocycles. The molecule has 0 saturated carbocycles. The third kappa shape index (κ3) is 6.43. The summed E-state index contributed by atoms with van der Waals surface area (Å²) < 4.78 is 5.40. The molecule has 2 atom stereocenters. The summed E-state index contributed by atoms with van der Waals surface area (Å²) in [4.78, 5) is 27.4. The van der Waals surface area contributed by atoms with Crippen molar-refractivity contribution in [2.24, 2.45) is 0 Å². The van der Waals surface area contributed by atoms with Crippen molar-refractivity contribution in [3.05, 3.63) is 71.8 Å². The van der Waals surface area contributed by atoms with E-state index >= 15 is 0 Å². The van der Waals surface area contributed by atoms with Crippen molar-refractivity contribution in [2.75, 3.05) is 13.1 Å². The molecule has 0 radical (unpaired) electrons. The number of carbonyl (C=O) groups is 2. The van der Waals surface area contributed by atoms with Crippen molar-refractivity contribution in [1.29, 1.82) is 0 Å². The Kier molecular flexibility index (Phi) is 7.82. The maximum atomic E-state index is 13.1. The number of hydrogen-bond acceptors (Lipinski definition) is 4. The summed E-state index contributed by atoms with van der Waals surface area (Å²) >= 11 is 0. The normalized spacial score (nSPS) is 19.6. The van der Waals surface area contributed by atoms with Crippen molar-refractivity contribution in [3.8, 4) is 0 Å². The molecule has 3 rings (SSSR count). The minimum absolute atomic E-state index is 0.00598. The first-order valence-corrected chi connectivity index (χ1v) is 10.4. The summed E-state index contributed by atoms with van der Waals surface area (Å²) in [6.45, 7) is 3.71. The number of benzene rings is 2. The van der Waals surface area contributed by atoms with E-state index in [1.54, 1.807) is 0 Å². The Labute approximate surface area is 173 Å². The van der Waals surface area contributed by atoms with Crippen molar-refractivity contribution >= 4 is 11.9 Å². The highest BCUT2D eigenvalue weighted by molar-refractivity contribution is 5.87. The van der Waals surface area contributed by atoms with Crippen LogP contribution in [0, 0.1) is 0 Å². The Morgan fingerprint density at radius 3 is 2.38 bits per heavy atom. The van der Waals surface area contributed by atoms with Crippen molar-refractivity contribution in [1.82, 2.24) is 10.2 Å². The fourth-order valence-electron chi connectivity index (χ4n) is 3.64. The van der Waals surface area contributed by atoms with Crippen LogP contribution in [0.15, 0.2) is 60.7 Å². The molecule has 1 N–H and O–H groups in total. The zero-order valence-corrected chi connectivity index (χ0v) is 17.0. The van der Waals surface area contributed by atoms with Crippen LogP contribution >= 0.6 is 0 Å². The van der Waals surface area contributed by atoms with Crippen LogP contribution in [0.4, 0.5) is 0 Å². The first-order valence-electron chi connectivity index (χ1n) is 10.4. The van der Waals surface area contributed by atoms with Gasteiger partial charge in [0.2, 0.25) is 5.91 Å². The topological polar surface area (TPSA) is 58.6 Å². The standard InChI is InChI=1S/C24H30N2O3/c1-2-21-14-16-26(15-13-19-9-5-3-6-10-19)24(28)22(25-21)17-23(27)29-18-20-11-7-4-8-12-20/h3-12,21-22,25H,2,13-18H2,1H3/t21-,22+/m1/s1. The third-order valence-corrected chi connectivity index (χ3v) is 5.41. The number of carbonyl (C=O) groups excluding carboxylic acids is 2. The van der Waals surface area contributed by atoms with Gasteiger partial charge in [-0.1, -0.05) is 67.6 Å². The maximum Gasteiger partial charge on any atom is 0.308 e. The number of ether oxygens (including phenoxy) is 1. The highest BCUT2D eigenvalue weighted by Gasteiger charge is 2.32. The Morgan fingerprint density at radius 2 is 1.72 bits per heavy atom. The van der Waals surface area contributed by atoms with Gasteiger partial charge in [0.1, 0.15) is 6.61 Å². The van der Waals surface area contributed by atoms with Gasteiger partial charge >= 0.3 is 5.97 Å². The highest BCUT2D eigenvalue weighted by Crippen LogP contribution is 2.14. The lowest BCUT2D eigenvalue weighted by atomic mass is 10.1. The van der Waals surface area contributed by atoms with Crippen LogP contribution in [0.3, 0.4) is 0 Å². The molecule has 2 aromatic carbocycles. The Morgan fingerprint density at radius 1 is 1.07 bits per heavy atom. The SMILES string of the molecule is CC[C@@H]1CCN(CCc2ccccc2)C(=O)[C@H](CC(=O)OCc2ccccc2)N1. The van der Waals surface area contributed by atoms with E-state index in [1.165, 1.54) is 5.56 Å². The number of hydrogen-bond donors (Lipinski definition) is 1. The van der Waals surface area contributed by atoms with E-state index < -0.39 is 6.04 Å². The van der Waals surface area contributed by atoms with Crippen LogP contribution in [0.5, 0.6) is 0 Å². The lowest BCUT2D eigenvalue weighted by molar-refractivity contribution is -0.148. The highest BCUT2D eigenvalue weighted by atomic mass is 16.5. The van der Waals surface area contributed by atoms with Gasteiger partial charge in [-0.15, -0.1) is 0 Å². The maximum absolute atomic E-state index is 13.1. The molecule has 0 aliphatic carbocycles. The lowest BCUT2D eigenvalue weighted by Gasteiger charge is -2.24. The second-order valence-electron chi connectivity index (χ2n) is 7.52. The van der Waals surface area contributed by atoms with Gasteiger partial charge in [0.15, 0.2) is 0 Å². The molecule has 0 unspecified atom stereocenters. The number of nitrogens with zero attached hydrogens (tertiary/aromatic N) is 1. The largest absolute Gasteiger partial charge is 0.461 e. The fraction of sp³-hybridized carbons (Fsp3) is 0.417. The van der Waals surface area contributed by atoms with E-state index in [2.05, 4.69) is 24.4 Å². The molecule has 1 fully saturated rings. The van der Waals surface area contributed by atoms with E-state index in [0.717, 1.165) is 24.8 Å². The monoisotopic (exact) mass is 394 g/mol. The van der Waals surface area contributed by atoms with Gasteiger partial charge in [0.05, 0.1) is 12.5 Å². The zero-order chi connectivity index (χ0) is 20.5. The predicted molar refractivity (Wildman–Crippen MR) is 113 cm³/mol. The molecule has 5 nitrogen and oxygen atoms in total. The molecule has 1 aliphatic heterocycles. The van der Waals surface area contributed by atoms with E-state index in [0.29, 0.717) is 13.1 Å². The van der Waals surface area contributed by atoms with E-state index in [4.69, 9.17) is 4.74 Å². The van der Waals surface area contributed by atoms with Crippen LogP contribution in [0.25, 0.3) is 0 Å². The molecule has 1 saturated heterocycles. The van der Waals surface area contributed by atoms with E-state index in [1.807, 2.05) is 53.4 Å². The molecule has 2 aromatic rings. The smallest absolute Gasteiger partial charge is 0.308 e. The van der Waals surface area contributed by atoms with Crippen LogP contribution in [0.1, 0.15) is 37.3 Å². The van der Waals surface area contributed by atoms with Gasteiger partial charge in [-0.25, -0.2) is 0 Å². The molecule has 0 spiro atoms. The van der Waals surface area contributed by atoms with Crippen LogP contribution in [0.2, 0.25) is 0 Å². The van der Waals surface area contributed by atoms with Gasteiger partial charge in [0.25, 0.3) is 0 Å². The molecule has 1 amide bonds. The number of amides is 1. The molecule has 1 heterocycles.